The first-order valence-corrected chi connectivity index (χ1v) is 12.3. The van der Waals surface area contributed by atoms with Crippen LogP contribution in [0.5, 0.6) is 0 Å². The molecule has 5 rings (SSSR count). The van der Waals surface area contributed by atoms with Gasteiger partial charge in [-0.3, -0.25) is 4.99 Å². The molecule has 0 radical (unpaired) electrons. The molecule has 2 nitrogen and oxygen atoms in total. The van der Waals surface area contributed by atoms with Crippen LogP contribution in [0, 0.1) is 0 Å². The van der Waals surface area contributed by atoms with Gasteiger partial charge in [-0.25, -0.2) is 4.99 Å². The van der Waals surface area contributed by atoms with Crippen LogP contribution in [0.1, 0.15) is 28.3 Å². The maximum absolute atomic E-state index is 6.16. The predicted molar refractivity (Wildman–Crippen MR) is 152 cm³/mol. The van der Waals surface area contributed by atoms with Gasteiger partial charge in [0.1, 0.15) is 6.04 Å². The molecule has 5 aromatic rings. The van der Waals surface area contributed by atoms with E-state index in [2.05, 4.69) is 72.8 Å². The molecule has 3 heteroatoms. The van der Waals surface area contributed by atoms with Crippen LogP contribution in [0.3, 0.4) is 0 Å². The lowest BCUT2D eigenvalue weighted by atomic mass is 9.96. The van der Waals surface area contributed by atoms with Gasteiger partial charge in [0, 0.05) is 16.1 Å². The SMILES string of the molecule is Clc1ccc(N=C(C(=NC(c2ccccc2)c2ccccc2)c2ccccc2)c2ccccc2)cc1. The fourth-order valence-electron chi connectivity index (χ4n) is 4.10. The van der Waals surface area contributed by atoms with E-state index in [0.717, 1.165) is 39.4 Å². The molecule has 174 valence electrons. The minimum atomic E-state index is -0.193. The second kappa shape index (κ2) is 11.4. The number of hydrogen-bond donors (Lipinski definition) is 0. The number of halogens is 1. The van der Waals surface area contributed by atoms with Crippen molar-refractivity contribution < 1.29 is 0 Å². The molecule has 0 atom stereocenters. The van der Waals surface area contributed by atoms with E-state index in [1.165, 1.54) is 0 Å². The van der Waals surface area contributed by atoms with Gasteiger partial charge in [0.2, 0.25) is 0 Å². The summed E-state index contributed by atoms with van der Waals surface area (Å²) in [7, 11) is 0. The molecule has 0 aliphatic rings. The average molecular weight is 485 g/mol. The van der Waals surface area contributed by atoms with Crippen LogP contribution in [0.15, 0.2) is 156 Å². The van der Waals surface area contributed by atoms with Crippen molar-refractivity contribution in [3.8, 4) is 0 Å². The van der Waals surface area contributed by atoms with Crippen molar-refractivity contribution in [3.63, 3.8) is 0 Å². The third-order valence-electron chi connectivity index (χ3n) is 5.88. The average Bonchev–Trinajstić information content (AvgIpc) is 2.96. The Kier molecular flexibility index (Phi) is 7.46. The Morgan fingerprint density at radius 2 is 0.889 bits per heavy atom. The Labute approximate surface area is 217 Å². The highest BCUT2D eigenvalue weighted by atomic mass is 35.5. The summed E-state index contributed by atoms with van der Waals surface area (Å²) in [6.45, 7) is 0. The van der Waals surface area contributed by atoms with E-state index in [1.807, 2.05) is 72.8 Å². The summed E-state index contributed by atoms with van der Waals surface area (Å²) in [4.78, 5) is 10.6. The second-order valence-electron chi connectivity index (χ2n) is 8.37. The van der Waals surface area contributed by atoms with Gasteiger partial charge < -0.3 is 0 Å². The standard InChI is InChI=1S/C33H25ClN2/c34-29-21-23-30(24-22-29)35-32(27-17-9-3-10-18-27)33(28-19-11-4-12-20-28)36-31(25-13-5-1-6-14-25)26-15-7-2-8-16-26/h1-24,31H. The number of hydrogen-bond acceptors (Lipinski definition) is 2. The largest absolute Gasteiger partial charge is 0.270 e. The molecule has 0 saturated carbocycles. The Morgan fingerprint density at radius 1 is 0.472 bits per heavy atom. The minimum absolute atomic E-state index is 0.193. The van der Waals surface area contributed by atoms with Crippen LogP contribution >= 0.6 is 11.6 Å². The Balaban J connectivity index is 1.76. The van der Waals surface area contributed by atoms with E-state index >= 15 is 0 Å². The van der Waals surface area contributed by atoms with Crippen molar-refractivity contribution in [1.29, 1.82) is 0 Å². The zero-order chi connectivity index (χ0) is 24.6. The molecular formula is C33H25ClN2. The summed E-state index contributed by atoms with van der Waals surface area (Å²) in [5, 5.41) is 0.681. The number of aliphatic imine (C=N–C) groups is 2. The fourth-order valence-corrected chi connectivity index (χ4v) is 4.23. The molecule has 0 heterocycles. The molecule has 0 N–H and O–H groups in total. The van der Waals surface area contributed by atoms with Gasteiger partial charge >= 0.3 is 0 Å². The third-order valence-corrected chi connectivity index (χ3v) is 6.13. The number of nitrogens with zero attached hydrogens (tertiary/aromatic N) is 2. The molecule has 0 amide bonds. The van der Waals surface area contributed by atoms with Crippen LogP contribution in [0.2, 0.25) is 5.02 Å². The summed E-state index contributed by atoms with van der Waals surface area (Å²) in [5.41, 5.74) is 6.70. The lowest BCUT2D eigenvalue weighted by Gasteiger charge is -2.18. The van der Waals surface area contributed by atoms with Gasteiger partial charge in [-0.2, -0.15) is 0 Å². The van der Waals surface area contributed by atoms with Crippen molar-refractivity contribution >= 4 is 28.7 Å². The highest BCUT2D eigenvalue weighted by Crippen LogP contribution is 2.28. The summed E-state index contributed by atoms with van der Waals surface area (Å²) in [6.07, 6.45) is 0. The van der Waals surface area contributed by atoms with Crippen LogP contribution in [-0.2, 0) is 0 Å². The van der Waals surface area contributed by atoms with Gasteiger partial charge in [0.25, 0.3) is 0 Å². The normalized spacial score (nSPS) is 12.1. The van der Waals surface area contributed by atoms with E-state index in [4.69, 9.17) is 21.6 Å². The van der Waals surface area contributed by atoms with E-state index in [9.17, 15) is 0 Å². The van der Waals surface area contributed by atoms with E-state index in [0.29, 0.717) is 5.02 Å². The lowest BCUT2D eigenvalue weighted by molar-refractivity contribution is 0.875. The van der Waals surface area contributed by atoms with Crippen LogP contribution in [0.25, 0.3) is 0 Å². The summed E-state index contributed by atoms with van der Waals surface area (Å²) >= 11 is 6.16. The number of benzene rings is 5. The van der Waals surface area contributed by atoms with Crippen molar-refractivity contribution in [2.24, 2.45) is 9.98 Å². The van der Waals surface area contributed by atoms with Crippen molar-refractivity contribution in [2.45, 2.75) is 6.04 Å². The Hall–Kier alpha value is -4.27. The first-order valence-electron chi connectivity index (χ1n) is 11.9. The molecule has 0 spiro atoms. The predicted octanol–water partition coefficient (Wildman–Crippen LogP) is 8.74. The summed E-state index contributed by atoms with van der Waals surface area (Å²) < 4.78 is 0. The molecule has 0 bridgehead atoms. The number of rotatable bonds is 7. The topological polar surface area (TPSA) is 24.7 Å². The van der Waals surface area contributed by atoms with Crippen LogP contribution in [-0.4, -0.2) is 11.4 Å². The lowest BCUT2D eigenvalue weighted by Crippen LogP contribution is -2.19. The summed E-state index contributed by atoms with van der Waals surface area (Å²) in [6, 6.07) is 48.7. The van der Waals surface area contributed by atoms with Crippen molar-refractivity contribution in [3.05, 3.63) is 173 Å². The van der Waals surface area contributed by atoms with E-state index in [-0.39, 0.29) is 6.04 Å². The van der Waals surface area contributed by atoms with Gasteiger partial charge in [-0.05, 0) is 35.4 Å². The van der Waals surface area contributed by atoms with Crippen LogP contribution < -0.4 is 0 Å². The quantitative estimate of drug-likeness (QED) is 0.206. The van der Waals surface area contributed by atoms with Gasteiger partial charge in [-0.1, -0.05) is 133 Å². The molecule has 0 fully saturated rings. The first kappa shape index (κ1) is 23.5. The van der Waals surface area contributed by atoms with Gasteiger partial charge in [0.05, 0.1) is 17.1 Å². The highest BCUT2D eigenvalue weighted by Gasteiger charge is 2.20. The first-order chi connectivity index (χ1) is 17.8. The summed E-state index contributed by atoms with van der Waals surface area (Å²) in [5.74, 6) is 0. The highest BCUT2D eigenvalue weighted by molar-refractivity contribution is 6.54. The zero-order valence-corrected chi connectivity index (χ0v) is 20.5. The Morgan fingerprint density at radius 3 is 1.36 bits per heavy atom. The molecule has 0 unspecified atom stereocenters. The van der Waals surface area contributed by atoms with E-state index < -0.39 is 0 Å². The van der Waals surface area contributed by atoms with Gasteiger partial charge in [-0.15, -0.1) is 0 Å². The third kappa shape index (κ3) is 5.68. The van der Waals surface area contributed by atoms with Crippen molar-refractivity contribution in [2.75, 3.05) is 0 Å². The molecule has 5 aromatic carbocycles. The van der Waals surface area contributed by atoms with Gasteiger partial charge in [0.15, 0.2) is 0 Å². The zero-order valence-electron chi connectivity index (χ0n) is 19.7. The minimum Gasteiger partial charge on any atom is -0.270 e. The maximum Gasteiger partial charge on any atom is 0.101 e. The van der Waals surface area contributed by atoms with E-state index in [1.54, 1.807) is 0 Å². The second-order valence-corrected chi connectivity index (χ2v) is 8.81. The fraction of sp³-hybridized carbons (Fsp3) is 0.0303. The molecule has 36 heavy (non-hydrogen) atoms. The molecule has 0 saturated heterocycles. The monoisotopic (exact) mass is 484 g/mol. The molecule has 0 aromatic heterocycles. The molecular weight excluding hydrogens is 460 g/mol. The maximum atomic E-state index is 6.16. The Bertz CT molecular complexity index is 1410. The molecule has 0 aliphatic heterocycles. The smallest absolute Gasteiger partial charge is 0.101 e. The van der Waals surface area contributed by atoms with Crippen molar-refractivity contribution in [1.82, 2.24) is 0 Å². The van der Waals surface area contributed by atoms with Crippen LogP contribution in [0.4, 0.5) is 5.69 Å². The molecule has 0 aliphatic carbocycles.